The lowest BCUT2D eigenvalue weighted by atomic mass is 9.99. The van der Waals surface area contributed by atoms with Crippen LogP contribution in [0.5, 0.6) is 0 Å². The third-order valence-corrected chi connectivity index (χ3v) is 4.33. The van der Waals surface area contributed by atoms with Gasteiger partial charge in [0.15, 0.2) is 0 Å². The summed E-state index contributed by atoms with van der Waals surface area (Å²) < 4.78 is 0. The van der Waals surface area contributed by atoms with E-state index in [0.29, 0.717) is 12.1 Å². The highest BCUT2D eigenvalue weighted by molar-refractivity contribution is 5.86. The molecule has 0 saturated heterocycles. The van der Waals surface area contributed by atoms with E-state index >= 15 is 0 Å². The average molecular weight is 316 g/mol. The molecule has 3 heteroatoms. The topological polar surface area (TPSA) is 56.0 Å². The Morgan fingerprint density at radius 1 is 1.00 bits per heavy atom. The van der Waals surface area contributed by atoms with E-state index in [4.69, 9.17) is 5.26 Å². The van der Waals surface area contributed by atoms with Crippen LogP contribution < -0.4 is 5.32 Å². The fourth-order valence-electron chi connectivity index (χ4n) is 2.92. The van der Waals surface area contributed by atoms with Crippen molar-refractivity contribution in [3.05, 3.63) is 83.4 Å². The van der Waals surface area contributed by atoms with E-state index in [1.807, 2.05) is 12.1 Å². The fourth-order valence-corrected chi connectivity index (χ4v) is 2.92. The van der Waals surface area contributed by atoms with Crippen LogP contribution in [-0.2, 0) is 0 Å². The maximum Gasteiger partial charge on any atom is 0.0991 e. The third kappa shape index (κ3) is 3.46. The largest absolute Gasteiger partial charge is 0.387 e. The van der Waals surface area contributed by atoms with Crippen LogP contribution in [0.1, 0.15) is 35.8 Å². The molecular weight excluding hydrogens is 296 g/mol. The van der Waals surface area contributed by atoms with Gasteiger partial charge in [0, 0.05) is 12.6 Å². The lowest BCUT2D eigenvalue weighted by Gasteiger charge is -2.19. The molecule has 0 bridgehead atoms. The van der Waals surface area contributed by atoms with Crippen molar-refractivity contribution in [3.8, 4) is 6.07 Å². The molecule has 0 aliphatic heterocycles. The maximum absolute atomic E-state index is 10.3. The molecule has 3 aromatic rings. The number of nitrogens with zero attached hydrogens (tertiary/aromatic N) is 1. The summed E-state index contributed by atoms with van der Waals surface area (Å²) in [6.45, 7) is 2.56. The lowest BCUT2D eigenvalue weighted by molar-refractivity contribution is 0.171. The van der Waals surface area contributed by atoms with Crippen LogP contribution in [0.4, 0.5) is 0 Å². The van der Waals surface area contributed by atoms with Gasteiger partial charge >= 0.3 is 0 Å². The molecule has 24 heavy (non-hydrogen) atoms. The van der Waals surface area contributed by atoms with Gasteiger partial charge in [-0.05, 0) is 41.0 Å². The SMILES string of the molecule is CC(NCC(O)c1ccc(C#N)cc1)c1cccc2ccccc12. The summed E-state index contributed by atoms with van der Waals surface area (Å²) in [7, 11) is 0. The van der Waals surface area contributed by atoms with Crippen LogP contribution in [0.15, 0.2) is 66.7 Å². The number of nitriles is 1. The monoisotopic (exact) mass is 316 g/mol. The number of rotatable bonds is 5. The molecule has 3 rings (SSSR count). The summed E-state index contributed by atoms with van der Waals surface area (Å²) in [5.74, 6) is 0. The van der Waals surface area contributed by atoms with E-state index in [0.717, 1.165) is 5.56 Å². The number of nitrogens with one attached hydrogen (secondary N) is 1. The third-order valence-electron chi connectivity index (χ3n) is 4.33. The van der Waals surface area contributed by atoms with Crippen LogP contribution >= 0.6 is 0 Å². The summed E-state index contributed by atoms with van der Waals surface area (Å²) in [5, 5.41) is 25.0. The highest BCUT2D eigenvalue weighted by atomic mass is 16.3. The quantitative estimate of drug-likeness (QED) is 0.745. The van der Waals surface area contributed by atoms with Crippen molar-refractivity contribution in [1.82, 2.24) is 5.32 Å². The van der Waals surface area contributed by atoms with Crippen molar-refractivity contribution < 1.29 is 5.11 Å². The molecule has 120 valence electrons. The first-order chi connectivity index (χ1) is 11.7. The summed E-state index contributed by atoms with van der Waals surface area (Å²) in [4.78, 5) is 0. The Morgan fingerprint density at radius 2 is 1.71 bits per heavy atom. The van der Waals surface area contributed by atoms with Gasteiger partial charge in [0.2, 0.25) is 0 Å². The van der Waals surface area contributed by atoms with Crippen molar-refractivity contribution >= 4 is 10.8 Å². The normalized spacial score (nSPS) is 13.4. The van der Waals surface area contributed by atoms with Gasteiger partial charge in [-0.2, -0.15) is 5.26 Å². The average Bonchev–Trinajstić information content (AvgIpc) is 2.65. The molecule has 0 aliphatic rings. The molecule has 2 unspecified atom stereocenters. The lowest BCUT2D eigenvalue weighted by Crippen LogP contribution is -2.24. The Bertz CT molecular complexity index is 860. The Balaban J connectivity index is 1.70. The van der Waals surface area contributed by atoms with E-state index < -0.39 is 6.10 Å². The zero-order valence-corrected chi connectivity index (χ0v) is 13.6. The van der Waals surface area contributed by atoms with Gasteiger partial charge in [0.05, 0.1) is 17.7 Å². The van der Waals surface area contributed by atoms with E-state index in [-0.39, 0.29) is 6.04 Å². The minimum Gasteiger partial charge on any atom is -0.387 e. The van der Waals surface area contributed by atoms with Crippen LogP contribution in [-0.4, -0.2) is 11.7 Å². The molecule has 0 spiro atoms. The number of aliphatic hydroxyl groups is 1. The van der Waals surface area contributed by atoms with Crippen LogP contribution in [0.3, 0.4) is 0 Å². The summed E-state index contributed by atoms with van der Waals surface area (Å²) >= 11 is 0. The number of benzene rings is 3. The van der Waals surface area contributed by atoms with Gasteiger partial charge in [-0.15, -0.1) is 0 Å². The van der Waals surface area contributed by atoms with Crippen molar-refractivity contribution in [3.63, 3.8) is 0 Å². The molecule has 3 aromatic carbocycles. The predicted octanol–water partition coefficient (Wildman–Crippen LogP) is 4.10. The minimum absolute atomic E-state index is 0.129. The molecule has 0 amide bonds. The zero-order valence-electron chi connectivity index (χ0n) is 13.6. The first-order valence-corrected chi connectivity index (χ1v) is 8.08. The number of aliphatic hydroxyl groups excluding tert-OH is 1. The van der Waals surface area contributed by atoms with Gasteiger partial charge in [-0.1, -0.05) is 54.6 Å². The van der Waals surface area contributed by atoms with Gasteiger partial charge in [-0.25, -0.2) is 0 Å². The molecule has 0 fully saturated rings. The van der Waals surface area contributed by atoms with Gasteiger partial charge < -0.3 is 10.4 Å². The molecule has 0 saturated carbocycles. The molecule has 0 heterocycles. The summed E-state index contributed by atoms with van der Waals surface area (Å²) in [5.41, 5.74) is 2.63. The van der Waals surface area contributed by atoms with E-state index in [1.165, 1.54) is 16.3 Å². The Morgan fingerprint density at radius 3 is 2.46 bits per heavy atom. The van der Waals surface area contributed by atoms with E-state index in [9.17, 15) is 5.11 Å². The van der Waals surface area contributed by atoms with Crippen molar-refractivity contribution in [2.45, 2.75) is 19.1 Å². The highest BCUT2D eigenvalue weighted by Gasteiger charge is 2.12. The molecule has 2 atom stereocenters. The van der Waals surface area contributed by atoms with Crippen LogP contribution in [0.2, 0.25) is 0 Å². The predicted molar refractivity (Wildman–Crippen MR) is 96.5 cm³/mol. The van der Waals surface area contributed by atoms with Crippen LogP contribution in [0.25, 0.3) is 10.8 Å². The first-order valence-electron chi connectivity index (χ1n) is 8.08. The minimum atomic E-state index is -0.602. The summed E-state index contributed by atoms with van der Waals surface area (Å²) in [6.07, 6.45) is -0.602. The molecule has 0 aromatic heterocycles. The first kappa shape index (κ1) is 16.2. The number of hydrogen-bond acceptors (Lipinski definition) is 3. The molecular formula is C21H20N2O. The van der Waals surface area contributed by atoms with Crippen molar-refractivity contribution in [2.24, 2.45) is 0 Å². The van der Waals surface area contributed by atoms with E-state index in [1.54, 1.807) is 24.3 Å². The second-order valence-corrected chi connectivity index (χ2v) is 5.95. The summed E-state index contributed by atoms with van der Waals surface area (Å²) in [6, 6.07) is 23.9. The molecule has 2 N–H and O–H groups in total. The Labute approximate surface area is 142 Å². The second-order valence-electron chi connectivity index (χ2n) is 5.95. The van der Waals surface area contributed by atoms with Gasteiger partial charge in [0.25, 0.3) is 0 Å². The zero-order chi connectivity index (χ0) is 16.9. The maximum atomic E-state index is 10.3. The smallest absolute Gasteiger partial charge is 0.0991 e. The van der Waals surface area contributed by atoms with Crippen molar-refractivity contribution in [1.29, 1.82) is 5.26 Å². The number of hydrogen-bond donors (Lipinski definition) is 2. The van der Waals surface area contributed by atoms with Gasteiger partial charge in [0.1, 0.15) is 0 Å². The number of fused-ring (bicyclic) bond motifs is 1. The van der Waals surface area contributed by atoms with E-state index in [2.05, 4.69) is 48.6 Å². The van der Waals surface area contributed by atoms with Gasteiger partial charge in [-0.3, -0.25) is 0 Å². The van der Waals surface area contributed by atoms with Crippen molar-refractivity contribution in [2.75, 3.05) is 6.54 Å². The Hall–Kier alpha value is -2.67. The molecule has 3 nitrogen and oxygen atoms in total. The Kier molecular flexibility index (Phi) is 4.90. The highest BCUT2D eigenvalue weighted by Crippen LogP contribution is 2.24. The second kappa shape index (κ2) is 7.27. The fraction of sp³-hybridized carbons (Fsp3) is 0.190. The standard InChI is InChI=1S/C21H20N2O/c1-15(19-8-4-6-17-5-2-3-7-20(17)19)23-14-21(24)18-11-9-16(13-22)10-12-18/h2-12,15,21,23-24H,14H2,1H3. The van der Waals surface area contributed by atoms with Crippen LogP contribution in [0, 0.1) is 11.3 Å². The molecule has 0 aliphatic carbocycles. The molecule has 0 radical (unpaired) electrons.